The number of aliphatic carboxylic acids is 1. The Balaban J connectivity index is 1.67. The van der Waals surface area contributed by atoms with Gasteiger partial charge in [-0.2, -0.15) is 0 Å². The third-order valence-electron chi connectivity index (χ3n) is 7.32. The topological polar surface area (TPSA) is 101 Å². The first-order chi connectivity index (χ1) is 16.1. The summed E-state index contributed by atoms with van der Waals surface area (Å²) in [7, 11) is -3.74. The van der Waals surface area contributed by atoms with Gasteiger partial charge in [-0.15, -0.1) is 0 Å². The van der Waals surface area contributed by atoms with E-state index in [1.165, 1.54) is 0 Å². The van der Waals surface area contributed by atoms with E-state index in [0.29, 0.717) is 5.56 Å². The van der Waals surface area contributed by atoms with Crippen molar-refractivity contribution in [3.63, 3.8) is 0 Å². The third kappa shape index (κ3) is 4.27. The molecule has 2 fully saturated rings. The molecular formula is C25H27F2NO5S. The van der Waals surface area contributed by atoms with Crippen molar-refractivity contribution in [3.8, 4) is 0 Å². The summed E-state index contributed by atoms with van der Waals surface area (Å²) in [5.74, 6) is -3.16. The van der Waals surface area contributed by atoms with Gasteiger partial charge in [-0.3, -0.25) is 9.59 Å². The molecule has 0 amide bonds. The molecule has 1 saturated heterocycles. The SMILES string of the molecule is C[C@@H]1NC[C@@H](c2ccccc2)S(=O)(=O)C1Cc1cc(F)c(C2(C(=O)O)CCC(=O)CC2)cc1F. The number of halogens is 2. The summed E-state index contributed by atoms with van der Waals surface area (Å²) in [4.78, 5) is 23.7. The van der Waals surface area contributed by atoms with E-state index in [9.17, 15) is 23.1 Å². The number of carboxylic acids is 1. The number of ketones is 1. The molecule has 34 heavy (non-hydrogen) atoms. The summed E-state index contributed by atoms with van der Waals surface area (Å²) >= 11 is 0. The van der Waals surface area contributed by atoms with Gasteiger partial charge in [0, 0.05) is 31.0 Å². The van der Waals surface area contributed by atoms with Crippen molar-refractivity contribution >= 4 is 21.6 Å². The van der Waals surface area contributed by atoms with Crippen LogP contribution in [0.25, 0.3) is 0 Å². The Hall–Kier alpha value is -2.65. The van der Waals surface area contributed by atoms with E-state index in [1.807, 2.05) is 0 Å². The molecule has 2 aliphatic rings. The zero-order valence-electron chi connectivity index (χ0n) is 18.8. The number of carbonyl (C=O) groups is 2. The Morgan fingerprint density at radius 2 is 1.76 bits per heavy atom. The van der Waals surface area contributed by atoms with Crippen molar-refractivity contribution in [3.05, 3.63) is 70.8 Å². The summed E-state index contributed by atoms with van der Waals surface area (Å²) in [5.41, 5.74) is -1.47. The Labute approximate surface area is 197 Å². The van der Waals surface area contributed by atoms with Gasteiger partial charge in [0.15, 0.2) is 9.84 Å². The van der Waals surface area contributed by atoms with Crippen LogP contribution in [0.15, 0.2) is 42.5 Å². The van der Waals surface area contributed by atoms with Crippen LogP contribution in [0.1, 0.15) is 54.5 Å². The fourth-order valence-corrected chi connectivity index (χ4v) is 7.55. The number of carbonyl (C=O) groups excluding carboxylic acids is 1. The second-order valence-electron chi connectivity index (χ2n) is 9.28. The highest BCUT2D eigenvalue weighted by atomic mass is 32.2. The first kappa shape index (κ1) is 24.5. The summed E-state index contributed by atoms with van der Waals surface area (Å²) in [5, 5.41) is 11.2. The quantitative estimate of drug-likeness (QED) is 0.664. The highest BCUT2D eigenvalue weighted by Crippen LogP contribution is 2.41. The number of hydrogen-bond acceptors (Lipinski definition) is 5. The minimum Gasteiger partial charge on any atom is -0.481 e. The van der Waals surface area contributed by atoms with Gasteiger partial charge in [0.25, 0.3) is 0 Å². The molecule has 2 aromatic carbocycles. The second-order valence-corrected chi connectivity index (χ2v) is 11.6. The largest absolute Gasteiger partial charge is 0.481 e. The smallest absolute Gasteiger partial charge is 0.314 e. The Kier molecular flexibility index (Phi) is 6.61. The van der Waals surface area contributed by atoms with Gasteiger partial charge in [0.1, 0.15) is 17.4 Å². The van der Waals surface area contributed by atoms with Gasteiger partial charge in [0.2, 0.25) is 0 Å². The molecule has 9 heteroatoms. The van der Waals surface area contributed by atoms with Gasteiger partial charge in [0.05, 0.1) is 15.9 Å². The average molecular weight is 492 g/mol. The molecule has 2 N–H and O–H groups in total. The normalized spacial score (nSPS) is 26.2. The molecule has 3 atom stereocenters. The van der Waals surface area contributed by atoms with E-state index < -0.39 is 49.4 Å². The van der Waals surface area contributed by atoms with Gasteiger partial charge < -0.3 is 10.4 Å². The van der Waals surface area contributed by atoms with Crippen LogP contribution >= 0.6 is 0 Å². The molecule has 1 aliphatic heterocycles. The van der Waals surface area contributed by atoms with Crippen molar-refractivity contribution < 1.29 is 31.9 Å². The summed E-state index contributed by atoms with van der Waals surface area (Å²) in [6.07, 6.45) is -0.485. The van der Waals surface area contributed by atoms with Crippen molar-refractivity contribution in [2.75, 3.05) is 6.54 Å². The molecular weight excluding hydrogens is 464 g/mol. The standard InChI is InChI=1S/C25H27F2NO5S/c1-15-22(34(32,33)23(14-28-15)16-5-3-2-4-6-16)12-17-11-21(27)19(13-20(17)26)25(24(30)31)9-7-18(29)8-10-25/h2-6,11,13,15,22-23,28H,7-10,12,14H2,1H3,(H,30,31)/t15-,22?,23-/m0/s1. The third-order valence-corrected chi connectivity index (χ3v) is 9.97. The van der Waals surface area contributed by atoms with Gasteiger partial charge in [-0.25, -0.2) is 17.2 Å². The molecule has 0 radical (unpaired) electrons. The lowest BCUT2D eigenvalue weighted by Gasteiger charge is -2.36. The molecule has 1 heterocycles. The van der Waals surface area contributed by atoms with Crippen LogP contribution in [-0.2, 0) is 31.3 Å². The maximum atomic E-state index is 15.2. The molecule has 0 bridgehead atoms. The van der Waals surface area contributed by atoms with Crippen LogP contribution in [0.4, 0.5) is 8.78 Å². The predicted octanol–water partition coefficient (Wildman–Crippen LogP) is 3.49. The Morgan fingerprint density at radius 1 is 1.12 bits per heavy atom. The van der Waals surface area contributed by atoms with Gasteiger partial charge >= 0.3 is 5.97 Å². The average Bonchev–Trinajstić information content (AvgIpc) is 2.79. The maximum absolute atomic E-state index is 15.2. The lowest BCUT2D eigenvalue weighted by atomic mass is 9.68. The number of nitrogens with one attached hydrogen (secondary N) is 1. The van der Waals surface area contributed by atoms with Crippen LogP contribution in [0.3, 0.4) is 0 Å². The Morgan fingerprint density at radius 3 is 2.38 bits per heavy atom. The number of hydrogen-bond donors (Lipinski definition) is 2. The van der Waals surface area contributed by atoms with Gasteiger partial charge in [-0.1, -0.05) is 30.3 Å². The second kappa shape index (κ2) is 9.19. The molecule has 6 nitrogen and oxygen atoms in total. The monoisotopic (exact) mass is 491 g/mol. The lowest BCUT2D eigenvalue weighted by molar-refractivity contribution is -0.146. The Bertz CT molecular complexity index is 1210. The molecule has 2 aromatic rings. The van der Waals surface area contributed by atoms with Crippen molar-refractivity contribution in [1.82, 2.24) is 5.32 Å². The van der Waals surface area contributed by atoms with Crippen LogP contribution in [0, 0.1) is 11.6 Å². The molecule has 1 unspecified atom stereocenters. The zero-order valence-corrected chi connectivity index (χ0v) is 19.6. The van der Waals surface area contributed by atoms with E-state index in [2.05, 4.69) is 5.32 Å². The van der Waals surface area contributed by atoms with Crippen molar-refractivity contribution in [2.45, 2.75) is 61.0 Å². The number of carboxylic acid groups (broad SMARTS) is 1. The molecule has 182 valence electrons. The first-order valence-corrected chi connectivity index (χ1v) is 12.9. The number of benzene rings is 2. The van der Waals surface area contributed by atoms with E-state index in [4.69, 9.17) is 0 Å². The fraction of sp³-hybridized carbons (Fsp3) is 0.440. The van der Waals surface area contributed by atoms with Crippen molar-refractivity contribution in [2.24, 2.45) is 0 Å². The number of rotatable bonds is 5. The van der Waals surface area contributed by atoms with Crippen LogP contribution < -0.4 is 5.32 Å². The molecule has 0 spiro atoms. The van der Waals surface area contributed by atoms with E-state index in [0.717, 1.165) is 12.1 Å². The molecule has 1 saturated carbocycles. The summed E-state index contributed by atoms with van der Waals surface area (Å²) in [6.45, 7) is 1.92. The van der Waals surface area contributed by atoms with Crippen LogP contribution in [-0.4, -0.2) is 43.1 Å². The van der Waals surface area contributed by atoms with Crippen LogP contribution in [0.2, 0.25) is 0 Å². The maximum Gasteiger partial charge on any atom is 0.314 e. The highest BCUT2D eigenvalue weighted by molar-refractivity contribution is 7.92. The first-order valence-electron chi connectivity index (χ1n) is 11.3. The highest BCUT2D eigenvalue weighted by Gasteiger charge is 2.46. The number of sulfone groups is 1. The molecule has 0 aromatic heterocycles. The number of Topliss-reactive ketones (excluding diaryl/α,β-unsaturated/α-hetero) is 1. The van der Waals surface area contributed by atoms with Gasteiger partial charge in [-0.05, 0) is 49.4 Å². The molecule has 4 rings (SSSR count). The minimum atomic E-state index is -3.74. The van der Waals surface area contributed by atoms with E-state index in [-0.39, 0.29) is 55.6 Å². The van der Waals surface area contributed by atoms with E-state index in [1.54, 1.807) is 37.3 Å². The van der Waals surface area contributed by atoms with E-state index >= 15 is 8.78 Å². The van der Waals surface area contributed by atoms with Crippen molar-refractivity contribution in [1.29, 1.82) is 0 Å². The molecule has 1 aliphatic carbocycles. The lowest BCUT2D eigenvalue weighted by Crippen LogP contribution is -2.53. The fourth-order valence-electron chi connectivity index (χ4n) is 5.19. The predicted molar refractivity (Wildman–Crippen MR) is 122 cm³/mol. The summed E-state index contributed by atoms with van der Waals surface area (Å²) < 4.78 is 57.3. The zero-order chi connectivity index (χ0) is 24.7. The summed E-state index contributed by atoms with van der Waals surface area (Å²) in [6, 6.07) is 10.1. The van der Waals surface area contributed by atoms with Crippen LogP contribution in [0.5, 0.6) is 0 Å². The minimum absolute atomic E-state index is 0.0144.